The number of anilines is 1. The first-order valence-electron chi connectivity index (χ1n) is 7.15. The van der Waals surface area contributed by atoms with Gasteiger partial charge in [0.1, 0.15) is 5.54 Å². The van der Waals surface area contributed by atoms with Gasteiger partial charge in [-0.25, -0.2) is 0 Å². The number of rotatable bonds is 2. The van der Waals surface area contributed by atoms with Crippen LogP contribution in [-0.4, -0.2) is 54.3 Å². The molecule has 5 nitrogen and oxygen atoms in total. The third-order valence-corrected chi connectivity index (χ3v) is 4.19. The Bertz CT molecular complexity index is 581. The Morgan fingerprint density at radius 3 is 2.52 bits per heavy atom. The summed E-state index contributed by atoms with van der Waals surface area (Å²) in [6.07, 6.45) is 0. The summed E-state index contributed by atoms with van der Waals surface area (Å²) in [7, 11) is 3.63. The minimum atomic E-state index is -0.806. The molecule has 1 N–H and O–H groups in total. The zero-order valence-electron chi connectivity index (χ0n) is 13.4. The Labute approximate surface area is 125 Å². The zero-order chi connectivity index (χ0) is 15.8. The predicted molar refractivity (Wildman–Crippen MR) is 83.5 cm³/mol. The van der Waals surface area contributed by atoms with E-state index in [1.165, 1.54) is 0 Å². The summed E-state index contributed by atoms with van der Waals surface area (Å²) in [6.45, 7) is 6.70. The molecule has 0 unspecified atom stereocenters. The van der Waals surface area contributed by atoms with Crippen LogP contribution < -0.4 is 5.32 Å². The third-order valence-electron chi connectivity index (χ3n) is 4.19. The molecule has 1 aromatic carbocycles. The van der Waals surface area contributed by atoms with Crippen molar-refractivity contribution in [2.75, 3.05) is 32.5 Å². The summed E-state index contributed by atoms with van der Waals surface area (Å²) in [5, 5.41) is 3.08. The molecule has 1 saturated heterocycles. The molecule has 1 aromatic rings. The van der Waals surface area contributed by atoms with Crippen molar-refractivity contribution < 1.29 is 9.59 Å². The lowest BCUT2D eigenvalue weighted by atomic mass is 9.96. The summed E-state index contributed by atoms with van der Waals surface area (Å²) < 4.78 is 0. The van der Waals surface area contributed by atoms with Gasteiger partial charge in [0.15, 0.2) is 0 Å². The molecule has 1 aliphatic rings. The molecule has 1 fully saturated rings. The van der Waals surface area contributed by atoms with Crippen molar-refractivity contribution in [3.05, 3.63) is 29.3 Å². The van der Waals surface area contributed by atoms with Crippen molar-refractivity contribution in [3.8, 4) is 0 Å². The molecule has 2 amide bonds. The maximum atomic E-state index is 12.8. The van der Waals surface area contributed by atoms with Gasteiger partial charge in [-0.15, -0.1) is 0 Å². The second-order valence-corrected chi connectivity index (χ2v) is 6.02. The molecule has 21 heavy (non-hydrogen) atoms. The van der Waals surface area contributed by atoms with E-state index in [9.17, 15) is 9.59 Å². The third kappa shape index (κ3) is 2.60. The number of aryl methyl sites for hydroxylation is 1. The standard InChI is InChI=1S/C16H23N3O2/c1-11-10-12(6-7-13(11)17-4)14(20)19-9-8-18(5)15(21)16(19,2)3/h6-7,10,17H,8-9H2,1-5H3. The monoisotopic (exact) mass is 289 g/mol. The Kier molecular flexibility index (Phi) is 3.94. The fourth-order valence-electron chi connectivity index (χ4n) is 2.80. The summed E-state index contributed by atoms with van der Waals surface area (Å²) in [6, 6.07) is 5.57. The maximum Gasteiger partial charge on any atom is 0.254 e. The van der Waals surface area contributed by atoms with Crippen LogP contribution in [0.25, 0.3) is 0 Å². The van der Waals surface area contributed by atoms with Crippen LogP contribution in [0.1, 0.15) is 29.8 Å². The van der Waals surface area contributed by atoms with Crippen molar-refractivity contribution in [2.24, 2.45) is 0 Å². The average Bonchev–Trinajstić information content (AvgIpc) is 2.44. The van der Waals surface area contributed by atoms with Crippen LogP contribution in [0, 0.1) is 6.92 Å². The fraction of sp³-hybridized carbons (Fsp3) is 0.500. The molecule has 0 aliphatic carbocycles. The van der Waals surface area contributed by atoms with Crippen molar-refractivity contribution in [2.45, 2.75) is 26.3 Å². The Morgan fingerprint density at radius 2 is 1.95 bits per heavy atom. The van der Waals surface area contributed by atoms with Crippen LogP contribution >= 0.6 is 0 Å². The Hall–Kier alpha value is -2.04. The lowest BCUT2D eigenvalue weighted by molar-refractivity contribution is -0.144. The molecule has 114 valence electrons. The lowest BCUT2D eigenvalue weighted by Gasteiger charge is -2.44. The van der Waals surface area contributed by atoms with E-state index in [-0.39, 0.29) is 11.8 Å². The van der Waals surface area contributed by atoms with Gasteiger partial charge in [0.05, 0.1) is 0 Å². The van der Waals surface area contributed by atoms with Crippen LogP contribution in [0.15, 0.2) is 18.2 Å². The highest BCUT2D eigenvalue weighted by Crippen LogP contribution is 2.25. The minimum absolute atomic E-state index is 0.0225. The molecule has 0 aromatic heterocycles. The highest BCUT2D eigenvalue weighted by Gasteiger charge is 2.43. The Morgan fingerprint density at radius 1 is 1.29 bits per heavy atom. The topological polar surface area (TPSA) is 52.7 Å². The van der Waals surface area contributed by atoms with Crippen molar-refractivity contribution in [1.82, 2.24) is 9.80 Å². The summed E-state index contributed by atoms with van der Waals surface area (Å²) in [5.41, 5.74) is 1.83. The first-order valence-corrected chi connectivity index (χ1v) is 7.15. The molecule has 2 rings (SSSR count). The van der Waals surface area contributed by atoms with E-state index in [2.05, 4.69) is 5.32 Å². The SMILES string of the molecule is CNc1ccc(C(=O)N2CCN(C)C(=O)C2(C)C)cc1C. The predicted octanol–water partition coefficient (Wildman–Crippen LogP) is 1.73. The molecule has 1 heterocycles. The van der Waals surface area contributed by atoms with Gasteiger partial charge in [0.25, 0.3) is 5.91 Å². The van der Waals surface area contributed by atoms with E-state index in [0.717, 1.165) is 11.3 Å². The smallest absolute Gasteiger partial charge is 0.254 e. The lowest BCUT2D eigenvalue weighted by Crippen LogP contribution is -2.63. The van der Waals surface area contributed by atoms with Crippen LogP contribution in [-0.2, 0) is 4.79 Å². The highest BCUT2D eigenvalue weighted by atomic mass is 16.2. The number of carbonyl (C=O) groups excluding carboxylic acids is 2. The first kappa shape index (κ1) is 15.4. The summed E-state index contributed by atoms with van der Waals surface area (Å²) >= 11 is 0. The van der Waals surface area contributed by atoms with E-state index in [1.54, 1.807) is 36.8 Å². The van der Waals surface area contributed by atoms with Gasteiger partial charge in [-0.05, 0) is 44.5 Å². The van der Waals surface area contributed by atoms with Gasteiger partial charge in [0.2, 0.25) is 5.91 Å². The largest absolute Gasteiger partial charge is 0.388 e. The number of nitrogens with zero attached hydrogens (tertiary/aromatic N) is 2. The van der Waals surface area contributed by atoms with E-state index in [4.69, 9.17) is 0 Å². The number of amides is 2. The van der Waals surface area contributed by atoms with Crippen molar-refractivity contribution in [1.29, 1.82) is 0 Å². The second-order valence-electron chi connectivity index (χ2n) is 6.02. The Balaban J connectivity index is 2.31. The number of carbonyl (C=O) groups is 2. The van der Waals surface area contributed by atoms with Gasteiger partial charge >= 0.3 is 0 Å². The zero-order valence-corrected chi connectivity index (χ0v) is 13.4. The normalized spacial score (nSPS) is 17.9. The molecule has 0 bridgehead atoms. The van der Waals surface area contributed by atoms with Gasteiger partial charge < -0.3 is 15.1 Å². The quantitative estimate of drug-likeness (QED) is 0.902. The molecular formula is C16H23N3O2. The molecular weight excluding hydrogens is 266 g/mol. The van der Waals surface area contributed by atoms with Crippen molar-refractivity contribution >= 4 is 17.5 Å². The van der Waals surface area contributed by atoms with E-state index >= 15 is 0 Å². The fourth-order valence-corrected chi connectivity index (χ4v) is 2.80. The van der Waals surface area contributed by atoms with E-state index in [1.807, 2.05) is 26.1 Å². The second kappa shape index (κ2) is 5.39. The molecule has 0 atom stereocenters. The number of hydrogen-bond acceptors (Lipinski definition) is 3. The van der Waals surface area contributed by atoms with Gasteiger partial charge in [-0.3, -0.25) is 9.59 Å². The number of hydrogen-bond donors (Lipinski definition) is 1. The molecule has 0 saturated carbocycles. The number of piperazine rings is 1. The number of likely N-dealkylation sites (N-methyl/N-ethyl adjacent to an activating group) is 1. The highest BCUT2D eigenvalue weighted by molar-refractivity contribution is 6.00. The average molecular weight is 289 g/mol. The van der Waals surface area contributed by atoms with Gasteiger partial charge in [-0.1, -0.05) is 0 Å². The van der Waals surface area contributed by atoms with E-state index < -0.39 is 5.54 Å². The first-order chi connectivity index (χ1) is 9.78. The minimum Gasteiger partial charge on any atom is -0.388 e. The van der Waals surface area contributed by atoms with E-state index in [0.29, 0.717) is 18.7 Å². The number of benzene rings is 1. The van der Waals surface area contributed by atoms with Crippen LogP contribution in [0.2, 0.25) is 0 Å². The number of nitrogens with one attached hydrogen (secondary N) is 1. The molecule has 0 radical (unpaired) electrons. The van der Waals surface area contributed by atoms with Gasteiger partial charge in [0, 0.05) is 38.4 Å². The van der Waals surface area contributed by atoms with Crippen LogP contribution in [0.3, 0.4) is 0 Å². The van der Waals surface area contributed by atoms with Crippen LogP contribution in [0.5, 0.6) is 0 Å². The van der Waals surface area contributed by atoms with Gasteiger partial charge in [-0.2, -0.15) is 0 Å². The maximum absolute atomic E-state index is 12.8. The molecule has 0 spiro atoms. The molecule has 1 aliphatic heterocycles. The summed E-state index contributed by atoms with van der Waals surface area (Å²) in [4.78, 5) is 28.4. The molecule has 5 heteroatoms. The summed E-state index contributed by atoms with van der Waals surface area (Å²) in [5.74, 6) is -0.113. The van der Waals surface area contributed by atoms with Crippen LogP contribution in [0.4, 0.5) is 5.69 Å². The van der Waals surface area contributed by atoms with Crippen molar-refractivity contribution in [3.63, 3.8) is 0 Å².